The lowest BCUT2D eigenvalue weighted by Gasteiger charge is -2.08. The Hall–Kier alpha value is -1.26. The lowest BCUT2D eigenvalue weighted by Crippen LogP contribution is -2.14. The maximum Gasteiger partial charge on any atom is 0.234 e. The van der Waals surface area contributed by atoms with Crippen molar-refractivity contribution in [3.8, 4) is 0 Å². The molecule has 0 aliphatic carbocycles. The minimum absolute atomic E-state index is 0.0252. The summed E-state index contributed by atoms with van der Waals surface area (Å²) in [6, 6.07) is 14.3. The van der Waals surface area contributed by atoms with Crippen LogP contribution in [0.2, 0.25) is 0 Å². The molecule has 2 aromatic carbocycles. The number of benzene rings is 2. The second-order valence-corrected chi connectivity index (χ2v) is 6.85. The predicted octanol–water partition coefficient (Wildman–Crippen LogP) is 4.94. The third-order valence-electron chi connectivity index (χ3n) is 2.98. The van der Waals surface area contributed by atoms with Gasteiger partial charge in [-0.3, -0.25) is 4.79 Å². The second-order valence-electron chi connectivity index (χ2n) is 5.01. The molecule has 0 saturated heterocycles. The van der Waals surface area contributed by atoms with E-state index in [4.69, 9.17) is 0 Å². The Morgan fingerprint density at radius 3 is 2.62 bits per heavy atom. The van der Waals surface area contributed by atoms with Gasteiger partial charge in [-0.05, 0) is 53.0 Å². The Balaban J connectivity index is 1.82. The number of amides is 1. The van der Waals surface area contributed by atoms with Gasteiger partial charge in [0, 0.05) is 10.2 Å². The van der Waals surface area contributed by atoms with Crippen LogP contribution in [-0.4, -0.2) is 11.7 Å². The van der Waals surface area contributed by atoms with Gasteiger partial charge in [0.25, 0.3) is 0 Å². The topological polar surface area (TPSA) is 29.1 Å². The standard InChI is InChI=1S/C17H18BrNOS/c1-12-4-3-5-14(8-12)10-21-11-17(20)19-16-7-6-13(2)9-15(16)18/h3-9H,10-11H2,1-2H3,(H,19,20). The molecule has 21 heavy (non-hydrogen) atoms. The van der Waals surface area contributed by atoms with Crippen LogP contribution in [0.5, 0.6) is 0 Å². The monoisotopic (exact) mass is 363 g/mol. The van der Waals surface area contributed by atoms with Crippen LogP contribution in [0.4, 0.5) is 5.69 Å². The fraction of sp³-hybridized carbons (Fsp3) is 0.235. The van der Waals surface area contributed by atoms with E-state index in [0.717, 1.165) is 21.5 Å². The van der Waals surface area contributed by atoms with E-state index in [2.05, 4.69) is 52.4 Å². The molecule has 0 bridgehead atoms. The lowest BCUT2D eigenvalue weighted by atomic mass is 10.2. The molecule has 1 N–H and O–H groups in total. The van der Waals surface area contributed by atoms with Crippen molar-refractivity contribution in [2.75, 3.05) is 11.1 Å². The highest BCUT2D eigenvalue weighted by atomic mass is 79.9. The van der Waals surface area contributed by atoms with Crippen molar-refractivity contribution in [2.24, 2.45) is 0 Å². The zero-order chi connectivity index (χ0) is 15.2. The average Bonchev–Trinajstić information content (AvgIpc) is 2.42. The van der Waals surface area contributed by atoms with Gasteiger partial charge in [0.2, 0.25) is 5.91 Å². The first-order valence-electron chi connectivity index (χ1n) is 6.74. The molecular formula is C17H18BrNOS. The number of aryl methyl sites for hydroxylation is 2. The van der Waals surface area contributed by atoms with Crippen LogP contribution in [-0.2, 0) is 10.5 Å². The minimum atomic E-state index is 0.0252. The quantitative estimate of drug-likeness (QED) is 0.814. The maximum atomic E-state index is 12.0. The molecule has 4 heteroatoms. The summed E-state index contributed by atoms with van der Waals surface area (Å²) < 4.78 is 0.916. The fourth-order valence-corrected chi connectivity index (χ4v) is 3.34. The molecule has 0 fully saturated rings. The third kappa shape index (κ3) is 5.21. The maximum absolute atomic E-state index is 12.0. The van der Waals surface area contributed by atoms with Crippen molar-refractivity contribution in [1.82, 2.24) is 0 Å². The van der Waals surface area contributed by atoms with Crippen LogP contribution in [0.15, 0.2) is 46.9 Å². The number of thioether (sulfide) groups is 1. The zero-order valence-electron chi connectivity index (χ0n) is 12.2. The third-order valence-corrected chi connectivity index (χ3v) is 4.64. The largest absolute Gasteiger partial charge is 0.324 e. The zero-order valence-corrected chi connectivity index (χ0v) is 14.6. The highest BCUT2D eigenvalue weighted by molar-refractivity contribution is 9.10. The molecule has 2 nitrogen and oxygen atoms in total. The van der Waals surface area contributed by atoms with E-state index in [1.807, 2.05) is 25.1 Å². The van der Waals surface area contributed by atoms with E-state index in [9.17, 15) is 4.79 Å². The van der Waals surface area contributed by atoms with Crippen LogP contribution in [0.25, 0.3) is 0 Å². The molecule has 2 rings (SSSR count). The van der Waals surface area contributed by atoms with Gasteiger partial charge < -0.3 is 5.32 Å². The molecule has 0 unspecified atom stereocenters. The predicted molar refractivity (Wildman–Crippen MR) is 94.8 cm³/mol. The number of rotatable bonds is 5. The number of carbonyl (C=O) groups is 1. The summed E-state index contributed by atoms with van der Waals surface area (Å²) in [7, 11) is 0. The van der Waals surface area contributed by atoms with Crippen LogP contribution in [0, 0.1) is 13.8 Å². The van der Waals surface area contributed by atoms with E-state index >= 15 is 0 Å². The molecule has 0 saturated carbocycles. The molecule has 0 radical (unpaired) electrons. The minimum Gasteiger partial charge on any atom is -0.324 e. The molecule has 1 amide bonds. The molecular weight excluding hydrogens is 346 g/mol. The van der Waals surface area contributed by atoms with Crippen LogP contribution in [0.3, 0.4) is 0 Å². The molecule has 110 valence electrons. The van der Waals surface area contributed by atoms with Gasteiger partial charge in [0.05, 0.1) is 11.4 Å². The Kier molecular flexibility index (Phi) is 5.88. The van der Waals surface area contributed by atoms with Crippen molar-refractivity contribution < 1.29 is 4.79 Å². The summed E-state index contributed by atoms with van der Waals surface area (Å²) in [5, 5.41) is 2.93. The van der Waals surface area contributed by atoms with Crippen molar-refractivity contribution >= 4 is 39.3 Å². The highest BCUT2D eigenvalue weighted by Crippen LogP contribution is 2.23. The van der Waals surface area contributed by atoms with E-state index in [-0.39, 0.29) is 5.91 Å². The Bertz CT molecular complexity index is 642. The molecule has 0 aliphatic rings. The van der Waals surface area contributed by atoms with Gasteiger partial charge in [-0.25, -0.2) is 0 Å². The van der Waals surface area contributed by atoms with E-state index in [1.54, 1.807) is 11.8 Å². The van der Waals surface area contributed by atoms with Gasteiger partial charge in [0.15, 0.2) is 0 Å². The summed E-state index contributed by atoms with van der Waals surface area (Å²) in [6.45, 7) is 4.10. The summed E-state index contributed by atoms with van der Waals surface area (Å²) in [5.41, 5.74) is 4.49. The van der Waals surface area contributed by atoms with Crippen molar-refractivity contribution in [2.45, 2.75) is 19.6 Å². The van der Waals surface area contributed by atoms with Gasteiger partial charge in [0.1, 0.15) is 0 Å². The van der Waals surface area contributed by atoms with E-state index < -0.39 is 0 Å². The number of nitrogens with one attached hydrogen (secondary N) is 1. The van der Waals surface area contributed by atoms with Crippen molar-refractivity contribution in [3.63, 3.8) is 0 Å². The first-order chi connectivity index (χ1) is 10.0. The highest BCUT2D eigenvalue weighted by Gasteiger charge is 2.06. The van der Waals surface area contributed by atoms with Gasteiger partial charge >= 0.3 is 0 Å². The Morgan fingerprint density at radius 2 is 1.90 bits per heavy atom. The summed E-state index contributed by atoms with van der Waals surface area (Å²) in [5.74, 6) is 1.33. The molecule has 0 aliphatic heterocycles. The van der Waals surface area contributed by atoms with Crippen molar-refractivity contribution in [3.05, 3.63) is 63.6 Å². The molecule has 0 heterocycles. The SMILES string of the molecule is Cc1cccc(CSCC(=O)Nc2ccc(C)cc2Br)c1. The second kappa shape index (κ2) is 7.66. The number of hydrogen-bond acceptors (Lipinski definition) is 2. The van der Waals surface area contributed by atoms with Crippen LogP contribution < -0.4 is 5.32 Å². The smallest absolute Gasteiger partial charge is 0.234 e. The number of halogens is 1. The van der Waals surface area contributed by atoms with Crippen molar-refractivity contribution in [1.29, 1.82) is 0 Å². The molecule has 2 aromatic rings. The number of hydrogen-bond donors (Lipinski definition) is 1. The van der Waals surface area contributed by atoms with Gasteiger partial charge in [-0.1, -0.05) is 35.9 Å². The average molecular weight is 364 g/mol. The first-order valence-corrected chi connectivity index (χ1v) is 8.68. The number of anilines is 1. The van der Waals surface area contributed by atoms with E-state index in [1.165, 1.54) is 11.1 Å². The number of carbonyl (C=O) groups excluding carboxylic acids is 1. The summed E-state index contributed by atoms with van der Waals surface area (Å²) >= 11 is 5.09. The van der Waals surface area contributed by atoms with Gasteiger partial charge in [-0.2, -0.15) is 0 Å². The molecule has 0 aromatic heterocycles. The molecule has 0 spiro atoms. The van der Waals surface area contributed by atoms with Gasteiger partial charge in [-0.15, -0.1) is 11.8 Å². The summed E-state index contributed by atoms with van der Waals surface area (Å²) in [4.78, 5) is 12.0. The van der Waals surface area contributed by atoms with E-state index in [0.29, 0.717) is 5.75 Å². The summed E-state index contributed by atoms with van der Waals surface area (Å²) in [6.07, 6.45) is 0. The van der Waals surface area contributed by atoms with Crippen LogP contribution >= 0.6 is 27.7 Å². The first kappa shape index (κ1) is 16.1. The van der Waals surface area contributed by atoms with Crippen LogP contribution in [0.1, 0.15) is 16.7 Å². The fourth-order valence-electron chi connectivity index (χ4n) is 1.97. The molecule has 0 atom stereocenters. The Labute approximate surface area is 138 Å². The Morgan fingerprint density at radius 1 is 1.14 bits per heavy atom. The lowest BCUT2D eigenvalue weighted by molar-refractivity contribution is -0.113. The normalized spacial score (nSPS) is 10.4.